The number of aromatic nitrogens is 4. The molecule has 0 fully saturated rings. The topological polar surface area (TPSA) is 71.3 Å². The van der Waals surface area contributed by atoms with Gasteiger partial charge in [0.15, 0.2) is 0 Å². The molecule has 0 saturated heterocycles. The zero-order valence-corrected chi connectivity index (χ0v) is 15.0. The van der Waals surface area contributed by atoms with Crippen LogP contribution in [0.5, 0.6) is 6.01 Å². The van der Waals surface area contributed by atoms with Gasteiger partial charge < -0.3 is 4.52 Å². The third-order valence-corrected chi connectivity index (χ3v) is 5.47. The summed E-state index contributed by atoms with van der Waals surface area (Å²) in [5.74, 6) is 0. The van der Waals surface area contributed by atoms with Crippen molar-refractivity contribution in [2.75, 3.05) is 13.2 Å². The molecule has 0 atom stereocenters. The minimum absolute atomic E-state index is 0.119. The molecule has 24 heavy (non-hydrogen) atoms. The molecule has 1 aromatic carbocycles. The number of para-hydroxylation sites is 1. The molecular formula is C15H17N4O3PS. The van der Waals surface area contributed by atoms with E-state index >= 15 is 0 Å². The van der Waals surface area contributed by atoms with Gasteiger partial charge in [0.05, 0.1) is 30.6 Å². The number of fused-ring (bicyclic) bond motifs is 1. The predicted octanol–water partition coefficient (Wildman–Crippen LogP) is 3.49. The first-order valence-corrected chi connectivity index (χ1v) is 10.0. The standard InChI is InChI=1S/C15H17N4O3PS/c1-3-20-23(24,21-4-2)22-15-17-11-19(18-15)13-9-12-7-5-6-8-14(12)16-10-13/h5-11H,3-4H2,1-2H3. The Morgan fingerprint density at radius 2 is 1.88 bits per heavy atom. The summed E-state index contributed by atoms with van der Waals surface area (Å²) in [5, 5.41) is 5.30. The molecule has 0 spiro atoms. The fraction of sp³-hybridized carbons (Fsp3) is 0.267. The molecule has 2 heterocycles. The minimum atomic E-state index is -2.88. The van der Waals surface area contributed by atoms with E-state index in [1.54, 1.807) is 17.2 Å². The van der Waals surface area contributed by atoms with Crippen LogP contribution in [-0.4, -0.2) is 33.0 Å². The van der Waals surface area contributed by atoms with Gasteiger partial charge in [0.25, 0.3) is 0 Å². The van der Waals surface area contributed by atoms with Crippen LogP contribution < -0.4 is 4.52 Å². The second-order valence-corrected chi connectivity index (χ2v) is 7.67. The monoisotopic (exact) mass is 364 g/mol. The number of nitrogens with zero attached hydrogens (tertiary/aromatic N) is 4. The fourth-order valence-corrected chi connectivity index (χ4v) is 4.03. The van der Waals surface area contributed by atoms with Crippen LogP contribution in [-0.2, 0) is 20.9 Å². The smallest absolute Gasteiger partial charge is 0.382 e. The third-order valence-electron chi connectivity index (χ3n) is 3.08. The lowest BCUT2D eigenvalue weighted by Crippen LogP contribution is -2.03. The number of hydrogen-bond acceptors (Lipinski definition) is 7. The zero-order chi connectivity index (χ0) is 17.0. The SMILES string of the molecule is CCOP(=S)(OCC)Oc1ncn(-c2cnc3ccccc3c2)n1. The number of benzene rings is 1. The maximum Gasteiger partial charge on any atom is 0.382 e. The molecule has 0 unspecified atom stereocenters. The highest BCUT2D eigenvalue weighted by Crippen LogP contribution is 2.48. The van der Waals surface area contributed by atoms with Crippen LogP contribution >= 0.6 is 6.72 Å². The highest BCUT2D eigenvalue weighted by Gasteiger charge is 2.23. The van der Waals surface area contributed by atoms with Gasteiger partial charge in [-0.1, -0.05) is 18.2 Å². The summed E-state index contributed by atoms with van der Waals surface area (Å²) in [7, 11) is 0. The molecule has 0 bridgehead atoms. The van der Waals surface area contributed by atoms with Gasteiger partial charge in [-0.2, -0.15) is 4.98 Å². The molecular weight excluding hydrogens is 347 g/mol. The van der Waals surface area contributed by atoms with Crippen LogP contribution in [0.4, 0.5) is 0 Å². The van der Waals surface area contributed by atoms with Gasteiger partial charge in [-0.25, -0.2) is 4.68 Å². The van der Waals surface area contributed by atoms with E-state index in [4.69, 9.17) is 25.4 Å². The lowest BCUT2D eigenvalue weighted by molar-refractivity contribution is 0.214. The lowest BCUT2D eigenvalue weighted by atomic mass is 10.2. The molecule has 3 rings (SSSR count). The summed E-state index contributed by atoms with van der Waals surface area (Å²) in [6.45, 7) is 1.57. The average Bonchev–Trinajstić information content (AvgIpc) is 3.03. The van der Waals surface area contributed by atoms with Gasteiger partial charge in [0.2, 0.25) is 0 Å². The summed E-state index contributed by atoms with van der Waals surface area (Å²) >= 11 is 5.31. The Balaban J connectivity index is 1.85. The summed E-state index contributed by atoms with van der Waals surface area (Å²) in [6, 6.07) is 9.95. The van der Waals surface area contributed by atoms with E-state index in [1.807, 2.05) is 44.2 Å². The normalized spacial score (nSPS) is 11.8. The van der Waals surface area contributed by atoms with Gasteiger partial charge in [-0.05, 0) is 26.0 Å². The molecule has 7 nitrogen and oxygen atoms in total. The van der Waals surface area contributed by atoms with Crippen LogP contribution in [0.3, 0.4) is 0 Å². The first kappa shape index (κ1) is 17.0. The molecule has 0 aliphatic rings. The molecule has 0 radical (unpaired) electrons. The number of pyridine rings is 1. The van der Waals surface area contributed by atoms with Crippen LogP contribution in [0.25, 0.3) is 16.6 Å². The van der Waals surface area contributed by atoms with Gasteiger partial charge in [-0.15, -0.1) is 5.10 Å². The van der Waals surface area contributed by atoms with Crippen molar-refractivity contribution in [2.45, 2.75) is 13.8 Å². The first-order chi connectivity index (χ1) is 11.6. The number of hydrogen-bond donors (Lipinski definition) is 0. The van der Waals surface area contributed by atoms with Gasteiger partial charge in [0.1, 0.15) is 6.33 Å². The second-order valence-electron chi connectivity index (χ2n) is 4.73. The Bertz CT molecular complexity index is 876. The predicted molar refractivity (Wildman–Crippen MR) is 94.8 cm³/mol. The Hall–Kier alpha value is -1.86. The highest BCUT2D eigenvalue weighted by molar-refractivity contribution is 8.07. The summed E-state index contributed by atoms with van der Waals surface area (Å²) in [4.78, 5) is 8.53. The molecule has 0 saturated carbocycles. The van der Waals surface area contributed by atoms with E-state index in [-0.39, 0.29) is 6.01 Å². The van der Waals surface area contributed by atoms with Crippen LogP contribution in [0, 0.1) is 0 Å². The van der Waals surface area contributed by atoms with Gasteiger partial charge >= 0.3 is 12.7 Å². The maximum atomic E-state index is 5.59. The molecule has 0 aliphatic heterocycles. The Morgan fingerprint density at radius 3 is 2.62 bits per heavy atom. The van der Waals surface area contributed by atoms with E-state index in [1.165, 1.54) is 0 Å². The van der Waals surface area contributed by atoms with Crippen molar-refractivity contribution in [3.05, 3.63) is 42.9 Å². The van der Waals surface area contributed by atoms with Gasteiger partial charge in [0, 0.05) is 17.2 Å². The molecule has 0 amide bonds. The van der Waals surface area contributed by atoms with Crippen LogP contribution in [0.15, 0.2) is 42.9 Å². The Labute approximate surface area is 144 Å². The Morgan fingerprint density at radius 1 is 1.12 bits per heavy atom. The van der Waals surface area contributed by atoms with E-state index in [9.17, 15) is 0 Å². The molecule has 0 aliphatic carbocycles. The van der Waals surface area contributed by atoms with Crippen molar-refractivity contribution in [3.63, 3.8) is 0 Å². The highest BCUT2D eigenvalue weighted by atomic mass is 32.5. The van der Waals surface area contributed by atoms with Crippen molar-refractivity contribution in [3.8, 4) is 11.7 Å². The van der Waals surface area contributed by atoms with Crippen molar-refractivity contribution < 1.29 is 13.6 Å². The minimum Gasteiger partial charge on any atom is -0.388 e. The number of rotatable bonds is 7. The van der Waals surface area contributed by atoms with E-state index in [0.29, 0.717) is 13.2 Å². The third kappa shape index (κ3) is 3.79. The van der Waals surface area contributed by atoms with Crippen LogP contribution in [0.1, 0.15) is 13.8 Å². The Kier molecular flexibility index (Phi) is 5.20. The summed E-state index contributed by atoms with van der Waals surface area (Å²) in [5.41, 5.74) is 1.69. The van der Waals surface area contributed by atoms with Crippen molar-refractivity contribution in [1.29, 1.82) is 0 Å². The first-order valence-electron chi connectivity index (χ1n) is 7.49. The molecule has 2 aromatic heterocycles. The fourth-order valence-electron chi connectivity index (χ4n) is 2.11. The zero-order valence-electron chi connectivity index (χ0n) is 13.3. The lowest BCUT2D eigenvalue weighted by Gasteiger charge is -2.18. The quantitative estimate of drug-likeness (QED) is 0.594. The summed E-state index contributed by atoms with van der Waals surface area (Å²) in [6.07, 6.45) is 3.26. The van der Waals surface area contributed by atoms with Crippen molar-refractivity contribution >= 4 is 29.4 Å². The molecule has 9 heteroatoms. The maximum absolute atomic E-state index is 5.59. The van der Waals surface area contributed by atoms with E-state index < -0.39 is 6.72 Å². The largest absolute Gasteiger partial charge is 0.388 e. The molecule has 3 aromatic rings. The molecule has 126 valence electrons. The van der Waals surface area contributed by atoms with Crippen molar-refractivity contribution in [1.82, 2.24) is 19.7 Å². The molecule has 0 N–H and O–H groups in total. The van der Waals surface area contributed by atoms with Crippen molar-refractivity contribution in [2.24, 2.45) is 0 Å². The summed E-state index contributed by atoms with van der Waals surface area (Å²) < 4.78 is 18.0. The van der Waals surface area contributed by atoms with Gasteiger partial charge in [-0.3, -0.25) is 14.0 Å². The second kappa shape index (κ2) is 7.36. The van der Waals surface area contributed by atoms with Crippen LogP contribution in [0.2, 0.25) is 0 Å². The average molecular weight is 364 g/mol. The van der Waals surface area contributed by atoms with E-state index in [2.05, 4.69) is 15.1 Å². The van der Waals surface area contributed by atoms with E-state index in [0.717, 1.165) is 16.6 Å².